The SMILES string of the molecule is CN(CC(=O)N1CCC[C@H](C(=O)O)C1)C(=O)c1ccccc1SC(F)F. The standard InChI is InChI=1S/C17H20F2N2O4S/c1-20(10-14(22)21-8-4-5-11(9-21)16(24)25)15(23)12-6-2-3-7-13(12)26-17(18)19/h2-3,6-7,11,17H,4-5,8-10H2,1H3,(H,24,25)/t11-/m0/s1. The molecule has 1 heterocycles. The van der Waals surface area contributed by atoms with Crippen molar-refractivity contribution in [3.05, 3.63) is 29.8 Å². The number of carboxylic acids is 1. The van der Waals surface area contributed by atoms with E-state index in [0.717, 1.165) is 4.90 Å². The van der Waals surface area contributed by atoms with Crippen LogP contribution in [-0.2, 0) is 9.59 Å². The largest absolute Gasteiger partial charge is 0.481 e. The van der Waals surface area contributed by atoms with E-state index in [1.54, 1.807) is 12.1 Å². The molecule has 1 N–H and O–H groups in total. The second-order valence-electron chi connectivity index (χ2n) is 6.05. The number of rotatable bonds is 6. The average molecular weight is 386 g/mol. The van der Waals surface area contributed by atoms with Crippen LogP contribution in [0.1, 0.15) is 23.2 Å². The predicted octanol–water partition coefficient (Wildman–Crippen LogP) is 2.40. The lowest BCUT2D eigenvalue weighted by atomic mass is 9.98. The molecule has 1 aromatic rings. The van der Waals surface area contributed by atoms with E-state index in [2.05, 4.69) is 0 Å². The van der Waals surface area contributed by atoms with E-state index in [1.807, 2.05) is 0 Å². The molecule has 0 bridgehead atoms. The molecule has 26 heavy (non-hydrogen) atoms. The molecule has 9 heteroatoms. The number of aliphatic carboxylic acids is 1. The van der Waals surface area contributed by atoms with Gasteiger partial charge in [0.25, 0.3) is 11.7 Å². The van der Waals surface area contributed by atoms with Crippen molar-refractivity contribution in [1.29, 1.82) is 0 Å². The van der Waals surface area contributed by atoms with Crippen molar-refractivity contribution < 1.29 is 28.3 Å². The Balaban J connectivity index is 2.03. The molecule has 1 aliphatic heterocycles. The van der Waals surface area contributed by atoms with E-state index in [1.165, 1.54) is 24.1 Å². The molecule has 2 rings (SSSR count). The molecule has 1 atom stereocenters. The van der Waals surface area contributed by atoms with E-state index in [9.17, 15) is 23.2 Å². The zero-order valence-electron chi connectivity index (χ0n) is 14.2. The Hall–Kier alpha value is -2.16. The quantitative estimate of drug-likeness (QED) is 0.760. The fourth-order valence-corrected chi connectivity index (χ4v) is 3.46. The number of piperidine rings is 1. The van der Waals surface area contributed by atoms with Crippen LogP contribution in [0.15, 0.2) is 29.2 Å². The van der Waals surface area contributed by atoms with Gasteiger partial charge in [-0.15, -0.1) is 0 Å². The predicted molar refractivity (Wildman–Crippen MR) is 92.2 cm³/mol. The van der Waals surface area contributed by atoms with Gasteiger partial charge in [0.1, 0.15) is 0 Å². The van der Waals surface area contributed by atoms with Gasteiger partial charge in [-0.1, -0.05) is 23.9 Å². The molecule has 1 fully saturated rings. The normalized spacial score (nSPS) is 17.2. The van der Waals surface area contributed by atoms with Gasteiger partial charge in [-0.3, -0.25) is 14.4 Å². The summed E-state index contributed by atoms with van der Waals surface area (Å²) in [5.41, 5.74) is 0.107. The number of likely N-dealkylation sites (N-methyl/N-ethyl adjacent to an activating group) is 1. The molecule has 0 saturated carbocycles. The lowest BCUT2D eigenvalue weighted by Crippen LogP contribution is -2.47. The van der Waals surface area contributed by atoms with Crippen LogP contribution < -0.4 is 0 Å². The van der Waals surface area contributed by atoms with Gasteiger partial charge in [0.05, 0.1) is 18.0 Å². The number of thioether (sulfide) groups is 1. The Morgan fingerprint density at radius 1 is 1.35 bits per heavy atom. The summed E-state index contributed by atoms with van der Waals surface area (Å²) in [7, 11) is 1.42. The molecule has 0 aromatic heterocycles. The zero-order chi connectivity index (χ0) is 19.3. The van der Waals surface area contributed by atoms with Gasteiger partial charge in [-0.05, 0) is 25.0 Å². The zero-order valence-corrected chi connectivity index (χ0v) is 15.0. The van der Waals surface area contributed by atoms with Crippen molar-refractivity contribution >= 4 is 29.5 Å². The number of hydrogen-bond acceptors (Lipinski definition) is 4. The van der Waals surface area contributed by atoms with Gasteiger partial charge < -0.3 is 14.9 Å². The summed E-state index contributed by atoms with van der Waals surface area (Å²) >= 11 is 0.280. The van der Waals surface area contributed by atoms with E-state index < -0.39 is 23.6 Å². The molecular weight excluding hydrogens is 366 g/mol. The summed E-state index contributed by atoms with van der Waals surface area (Å²) in [4.78, 5) is 38.8. The maximum absolute atomic E-state index is 12.6. The molecule has 1 aromatic carbocycles. The molecular formula is C17H20F2N2O4S. The lowest BCUT2D eigenvalue weighted by Gasteiger charge is -2.32. The van der Waals surface area contributed by atoms with Crippen LogP contribution >= 0.6 is 11.8 Å². The van der Waals surface area contributed by atoms with Crippen LogP contribution in [-0.4, -0.2) is 65.1 Å². The number of benzene rings is 1. The topological polar surface area (TPSA) is 77.9 Å². The highest BCUT2D eigenvalue weighted by molar-refractivity contribution is 7.99. The Kier molecular flexibility index (Phi) is 6.96. The minimum atomic E-state index is -2.66. The van der Waals surface area contributed by atoms with Crippen LogP contribution in [0.2, 0.25) is 0 Å². The highest BCUT2D eigenvalue weighted by atomic mass is 32.2. The number of alkyl halides is 2. The third kappa shape index (κ3) is 5.17. The fraction of sp³-hybridized carbons (Fsp3) is 0.471. The Labute approximate surface area is 154 Å². The van der Waals surface area contributed by atoms with Crippen molar-refractivity contribution in [2.75, 3.05) is 26.7 Å². The molecule has 1 saturated heterocycles. The second kappa shape index (κ2) is 8.98. The summed E-state index contributed by atoms with van der Waals surface area (Å²) in [6.07, 6.45) is 1.11. The maximum atomic E-state index is 12.6. The summed E-state index contributed by atoms with van der Waals surface area (Å²) in [5.74, 6) is -5.08. The molecule has 0 unspecified atom stereocenters. The molecule has 1 aliphatic rings. The Morgan fingerprint density at radius 2 is 2.04 bits per heavy atom. The number of carbonyl (C=O) groups is 3. The van der Waals surface area contributed by atoms with Gasteiger partial charge in [-0.2, -0.15) is 8.78 Å². The monoisotopic (exact) mass is 386 g/mol. The fourth-order valence-electron chi connectivity index (χ4n) is 2.83. The average Bonchev–Trinajstić information content (AvgIpc) is 2.61. The number of carboxylic acid groups (broad SMARTS) is 1. The molecule has 0 aliphatic carbocycles. The molecule has 142 valence electrons. The number of nitrogens with zero attached hydrogens (tertiary/aromatic N) is 2. The highest BCUT2D eigenvalue weighted by Gasteiger charge is 2.29. The third-order valence-corrected chi connectivity index (χ3v) is 4.96. The minimum Gasteiger partial charge on any atom is -0.481 e. The summed E-state index contributed by atoms with van der Waals surface area (Å²) in [6, 6.07) is 6.00. The minimum absolute atomic E-state index is 0.107. The van der Waals surface area contributed by atoms with Gasteiger partial charge >= 0.3 is 5.97 Å². The molecule has 6 nitrogen and oxygen atoms in total. The number of likely N-dealkylation sites (tertiary alicyclic amines) is 1. The first kappa shape index (κ1) is 20.2. The van der Waals surface area contributed by atoms with Crippen LogP contribution in [0.3, 0.4) is 0 Å². The van der Waals surface area contributed by atoms with Crippen LogP contribution in [0.25, 0.3) is 0 Å². The van der Waals surface area contributed by atoms with Gasteiger partial charge in [-0.25, -0.2) is 0 Å². The lowest BCUT2D eigenvalue weighted by molar-refractivity contribution is -0.145. The van der Waals surface area contributed by atoms with Crippen molar-refractivity contribution in [2.24, 2.45) is 5.92 Å². The number of halogens is 2. The summed E-state index contributed by atoms with van der Waals surface area (Å²) < 4.78 is 25.3. The van der Waals surface area contributed by atoms with Gasteiger partial charge in [0.15, 0.2) is 0 Å². The third-order valence-electron chi connectivity index (χ3n) is 4.18. The molecule has 0 radical (unpaired) electrons. The number of amides is 2. The van der Waals surface area contributed by atoms with Crippen LogP contribution in [0.5, 0.6) is 0 Å². The number of carbonyl (C=O) groups excluding carboxylic acids is 2. The smallest absolute Gasteiger partial charge is 0.308 e. The molecule has 0 spiro atoms. The Bertz CT molecular complexity index is 686. The second-order valence-corrected chi connectivity index (χ2v) is 7.08. The van der Waals surface area contributed by atoms with Gasteiger partial charge in [0, 0.05) is 25.0 Å². The maximum Gasteiger partial charge on any atom is 0.308 e. The van der Waals surface area contributed by atoms with E-state index in [-0.39, 0.29) is 41.2 Å². The van der Waals surface area contributed by atoms with Crippen molar-refractivity contribution in [1.82, 2.24) is 9.80 Å². The molecule has 2 amide bonds. The first-order chi connectivity index (χ1) is 12.3. The summed E-state index contributed by atoms with van der Waals surface area (Å²) in [6.45, 7) is 0.329. The van der Waals surface area contributed by atoms with E-state index in [4.69, 9.17) is 5.11 Å². The van der Waals surface area contributed by atoms with Crippen molar-refractivity contribution in [2.45, 2.75) is 23.5 Å². The van der Waals surface area contributed by atoms with E-state index >= 15 is 0 Å². The summed E-state index contributed by atoms with van der Waals surface area (Å²) in [5, 5.41) is 9.09. The van der Waals surface area contributed by atoms with Gasteiger partial charge in [0.2, 0.25) is 5.91 Å². The van der Waals surface area contributed by atoms with Crippen molar-refractivity contribution in [3.8, 4) is 0 Å². The first-order valence-electron chi connectivity index (χ1n) is 8.09. The van der Waals surface area contributed by atoms with Crippen molar-refractivity contribution in [3.63, 3.8) is 0 Å². The van der Waals surface area contributed by atoms with E-state index in [0.29, 0.717) is 19.4 Å². The van der Waals surface area contributed by atoms with Crippen LogP contribution in [0.4, 0.5) is 8.78 Å². The Morgan fingerprint density at radius 3 is 2.69 bits per heavy atom. The highest BCUT2D eigenvalue weighted by Crippen LogP contribution is 2.29. The number of hydrogen-bond donors (Lipinski definition) is 1. The first-order valence-corrected chi connectivity index (χ1v) is 8.97. The van der Waals surface area contributed by atoms with Crippen LogP contribution in [0, 0.1) is 5.92 Å².